The smallest absolute Gasteiger partial charge is 0.137 e. The SMILES string of the molecule is Cc1ccc(C(N)=S)c(NC(C)c2ccc(Cl)s2)n1. The van der Waals surface area contributed by atoms with E-state index >= 15 is 0 Å². The first-order chi connectivity index (χ1) is 8.97. The topological polar surface area (TPSA) is 50.9 Å². The number of hydrogen-bond donors (Lipinski definition) is 2. The van der Waals surface area contributed by atoms with Gasteiger partial charge in [-0.1, -0.05) is 23.8 Å². The van der Waals surface area contributed by atoms with Crippen molar-refractivity contribution in [3.63, 3.8) is 0 Å². The Morgan fingerprint density at radius 1 is 1.42 bits per heavy atom. The number of halogens is 1. The van der Waals surface area contributed by atoms with Crippen molar-refractivity contribution >= 4 is 46.0 Å². The number of hydrogen-bond acceptors (Lipinski definition) is 4. The highest BCUT2D eigenvalue weighted by Crippen LogP contribution is 2.29. The molecule has 0 radical (unpaired) electrons. The van der Waals surface area contributed by atoms with Crippen molar-refractivity contribution in [1.29, 1.82) is 0 Å². The summed E-state index contributed by atoms with van der Waals surface area (Å²) >= 11 is 12.5. The zero-order valence-corrected chi connectivity index (χ0v) is 13.0. The van der Waals surface area contributed by atoms with Crippen molar-refractivity contribution in [2.75, 3.05) is 5.32 Å². The third-order valence-electron chi connectivity index (χ3n) is 2.67. The van der Waals surface area contributed by atoms with Crippen molar-refractivity contribution in [1.82, 2.24) is 4.98 Å². The lowest BCUT2D eigenvalue weighted by Gasteiger charge is -2.16. The fourth-order valence-corrected chi connectivity index (χ4v) is 2.93. The molecule has 0 amide bonds. The molecule has 6 heteroatoms. The van der Waals surface area contributed by atoms with Crippen LogP contribution in [0.1, 0.15) is 29.1 Å². The van der Waals surface area contributed by atoms with Crippen LogP contribution in [0.15, 0.2) is 24.3 Å². The van der Waals surface area contributed by atoms with Gasteiger partial charge in [-0.15, -0.1) is 11.3 Å². The van der Waals surface area contributed by atoms with Crippen LogP contribution in [0.25, 0.3) is 0 Å². The molecule has 0 aliphatic heterocycles. The van der Waals surface area contributed by atoms with E-state index in [0.717, 1.165) is 20.5 Å². The summed E-state index contributed by atoms with van der Waals surface area (Å²) in [5.41, 5.74) is 7.39. The largest absolute Gasteiger partial charge is 0.389 e. The molecule has 2 heterocycles. The summed E-state index contributed by atoms with van der Waals surface area (Å²) in [6, 6.07) is 7.77. The van der Waals surface area contributed by atoms with E-state index in [1.807, 2.05) is 31.2 Å². The molecule has 0 saturated carbocycles. The maximum Gasteiger partial charge on any atom is 0.137 e. The quantitative estimate of drug-likeness (QED) is 0.841. The van der Waals surface area contributed by atoms with Gasteiger partial charge < -0.3 is 11.1 Å². The van der Waals surface area contributed by atoms with Gasteiger partial charge in [0, 0.05) is 10.6 Å². The molecule has 1 atom stereocenters. The monoisotopic (exact) mass is 311 g/mol. The molecule has 0 spiro atoms. The second kappa shape index (κ2) is 5.86. The fourth-order valence-electron chi connectivity index (χ4n) is 1.70. The second-order valence-corrected chi connectivity index (χ2v) is 6.41. The Hall–Kier alpha value is -1.17. The number of pyridine rings is 1. The van der Waals surface area contributed by atoms with E-state index in [1.54, 1.807) is 11.3 Å². The highest BCUT2D eigenvalue weighted by atomic mass is 35.5. The number of aryl methyl sites for hydroxylation is 1. The van der Waals surface area contributed by atoms with Crippen LogP contribution in [-0.4, -0.2) is 9.97 Å². The zero-order valence-electron chi connectivity index (χ0n) is 10.6. The third-order valence-corrected chi connectivity index (χ3v) is 4.31. The molecular formula is C13H14ClN3S2. The van der Waals surface area contributed by atoms with Crippen LogP contribution >= 0.6 is 35.2 Å². The van der Waals surface area contributed by atoms with E-state index < -0.39 is 0 Å². The highest BCUT2D eigenvalue weighted by molar-refractivity contribution is 7.80. The van der Waals surface area contributed by atoms with Gasteiger partial charge in [-0.2, -0.15) is 0 Å². The molecule has 3 N–H and O–H groups in total. The van der Waals surface area contributed by atoms with E-state index in [-0.39, 0.29) is 6.04 Å². The van der Waals surface area contributed by atoms with Crippen LogP contribution in [0, 0.1) is 6.92 Å². The minimum atomic E-state index is 0.0971. The minimum absolute atomic E-state index is 0.0971. The van der Waals surface area contributed by atoms with Crippen LogP contribution in [0.2, 0.25) is 4.34 Å². The summed E-state index contributed by atoms with van der Waals surface area (Å²) < 4.78 is 0.774. The molecule has 2 aromatic heterocycles. The summed E-state index contributed by atoms with van der Waals surface area (Å²) in [6.45, 7) is 3.98. The summed E-state index contributed by atoms with van der Waals surface area (Å²) in [7, 11) is 0. The third kappa shape index (κ3) is 3.43. The van der Waals surface area contributed by atoms with Crippen LogP contribution < -0.4 is 11.1 Å². The normalized spacial score (nSPS) is 12.2. The van der Waals surface area contributed by atoms with Gasteiger partial charge in [-0.25, -0.2) is 4.98 Å². The second-order valence-electron chi connectivity index (χ2n) is 4.22. The fraction of sp³-hybridized carbons (Fsp3) is 0.231. The van der Waals surface area contributed by atoms with Gasteiger partial charge >= 0.3 is 0 Å². The standard InChI is InChI=1S/C13H14ClN3S2/c1-7-3-4-9(12(15)18)13(16-7)17-8(2)10-5-6-11(14)19-10/h3-6,8H,1-2H3,(H2,15,18)(H,16,17). The summed E-state index contributed by atoms with van der Waals surface area (Å²) in [5, 5.41) is 3.34. The first-order valence-electron chi connectivity index (χ1n) is 5.76. The maximum absolute atomic E-state index is 5.95. The molecule has 0 saturated heterocycles. The summed E-state index contributed by atoms with van der Waals surface area (Å²) in [6.07, 6.45) is 0. The number of thiophene rings is 1. The van der Waals surface area contributed by atoms with E-state index in [0.29, 0.717) is 10.8 Å². The number of nitrogens with two attached hydrogens (primary N) is 1. The lowest BCUT2D eigenvalue weighted by molar-refractivity contribution is 0.893. The Labute approximate surface area is 126 Å². The van der Waals surface area contributed by atoms with Crippen LogP contribution in [0.5, 0.6) is 0 Å². The van der Waals surface area contributed by atoms with E-state index in [2.05, 4.69) is 17.2 Å². The lowest BCUT2D eigenvalue weighted by Crippen LogP contribution is -2.16. The number of thiocarbonyl (C=S) groups is 1. The molecule has 19 heavy (non-hydrogen) atoms. The summed E-state index contributed by atoms with van der Waals surface area (Å²) in [4.78, 5) is 5.94. The number of nitrogens with zero attached hydrogens (tertiary/aromatic N) is 1. The van der Waals surface area contributed by atoms with Gasteiger partial charge in [0.25, 0.3) is 0 Å². The van der Waals surface area contributed by atoms with E-state index in [1.165, 1.54) is 0 Å². The molecule has 0 aromatic carbocycles. The average Bonchev–Trinajstić information content (AvgIpc) is 2.75. The van der Waals surface area contributed by atoms with Crippen LogP contribution in [0.3, 0.4) is 0 Å². The van der Waals surface area contributed by atoms with E-state index in [9.17, 15) is 0 Å². The number of anilines is 1. The molecule has 100 valence electrons. The molecule has 3 nitrogen and oxygen atoms in total. The van der Waals surface area contributed by atoms with Crippen molar-refractivity contribution in [3.05, 3.63) is 44.7 Å². The molecule has 0 bridgehead atoms. The van der Waals surface area contributed by atoms with E-state index in [4.69, 9.17) is 29.6 Å². The Bertz CT molecular complexity index is 610. The van der Waals surface area contributed by atoms with Crippen molar-refractivity contribution in [2.24, 2.45) is 5.73 Å². The lowest BCUT2D eigenvalue weighted by atomic mass is 10.2. The molecule has 0 aliphatic rings. The molecule has 2 rings (SSSR count). The Morgan fingerprint density at radius 3 is 2.74 bits per heavy atom. The Kier molecular flexibility index (Phi) is 4.39. The van der Waals surface area contributed by atoms with Crippen molar-refractivity contribution < 1.29 is 0 Å². The number of nitrogens with one attached hydrogen (secondary N) is 1. The van der Waals surface area contributed by atoms with Gasteiger partial charge in [-0.3, -0.25) is 0 Å². The van der Waals surface area contributed by atoms with Crippen molar-refractivity contribution in [3.8, 4) is 0 Å². The van der Waals surface area contributed by atoms with Crippen molar-refractivity contribution in [2.45, 2.75) is 19.9 Å². The summed E-state index contributed by atoms with van der Waals surface area (Å²) in [5.74, 6) is 0.713. The van der Waals surface area contributed by atoms with Gasteiger partial charge in [0.05, 0.1) is 15.9 Å². The first-order valence-corrected chi connectivity index (χ1v) is 7.37. The maximum atomic E-state index is 5.95. The predicted molar refractivity (Wildman–Crippen MR) is 86.2 cm³/mol. The van der Waals surface area contributed by atoms with Gasteiger partial charge in [0.15, 0.2) is 0 Å². The average molecular weight is 312 g/mol. The van der Waals surface area contributed by atoms with Crippen LogP contribution in [0.4, 0.5) is 5.82 Å². The van der Waals surface area contributed by atoms with Gasteiger partial charge in [-0.05, 0) is 38.1 Å². The molecule has 2 aromatic rings. The minimum Gasteiger partial charge on any atom is -0.389 e. The molecule has 0 fully saturated rings. The Balaban J connectivity index is 2.27. The zero-order chi connectivity index (χ0) is 14.0. The van der Waals surface area contributed by atoms with Crippen LogP contribution in [-0.2, 0) is 0 Å². The molecule has 0 aliphatic carbocycles. The highest BCUT2D eigenvalue weighted by Gasteiger charge is 2.13. The molecule has 1 unspecified atom stereocenters. The molecular weight excluding hydrogens is 298 g/mol. The van der Waals surface area contributed by atoms with Gasteiger partial charge in [0.2, 0.25) is 0 Å². The predicted octanol–water partition coefficient (Wildman–Crippen LogP) is 3.91. The Morgan fingerprint density at radius 2 is 2.16 bits per heavy atom. The van der Waals surface area contributed by atoms with Gasteiger partial charge in [0.1, 0.15) is 10.8 Å². The number of aromatic nitrogens is 1. The first kappa shape index (κ1) is 14.2. The number of rotatable bonds is 4.